The number of carbonyl (C=O) groups is 8. The van der Waals surface area contributed by atoms with Gasteiger partial charge in [-0.1, -0.05) is 27.7 Å². The molecule has 9 aliphatic rings. The van der Waals surface area contributed by atoms with Gasteiger partial charge in [-0.05, 0) is 113 Å². The molecule has 320 valence electrons. The minimum Gasteiger partial charge on any atom is -0.467 e. The van der Waals surface area contributed by atoms with Crippen LogP contribution < -0.4 is 21.3 Å². The van der Waals surface area contributed by atoms with Crippen LogP contribution in [0, 0.1) is 57.2 Å². The summed E-state index contributed by atoms with van der Waals surface area (Å²) in [5, 5.41) is 11.3. The van der Waals surface area contributed by atoms with E-state index in [1.54, 1.807) is 27.7 Å². The second kappa shape index (κ2) is 15.4. The molecule has 9 rings (SSSR count). The summed E-state index contributed by atoms with van der Waals surface area (Å²) in [5.41, 5.74) is -3.96. The van der Waals surface area contributed by atoms with E-state index in [1.165, 1.54) is 0 Å². The largest absolute Gasteiger partial charge is 0.467 e. The fourth-order valence-electron chi connectivity index (χ4n) is 13.0. The molecule has 58 heavy (non-hydrogen) atoms. The fourth-order valence-corrected chi connectivity index (χ4v) is 13.0. The van der Waals surface area contributed by atoms with Crippen LogP contribution in [0.25, 0.3) is 0 Å². The first-order valence-corrected chi connectivity index (χ1v) is 21.1. The molecule has 1 heterocycles. The molecule has 16 heteroatoms. The van der Waals surface area contributed by atoms with Gasteiger partial charge in [-0.25, -0.2) is 9.59 Å². The van der Waals surface area contributed by atoms with Crippen LogP contribution in [0.2, 0.25) is 0 Å². The molecule has 1 aliphatic heterocycles. The molecular formula is C42H60N4O12. The number of hydrogen-bond donors (Lipinski definition) is 4. The van der Waals surface area contributed by atoms with Crippen LogP contribution in [0.4, 0.5) is 0 Å². The number of methoxy groups -OCH3 is 2. The first-order valence-electron chi connectivity index (χ1n) is 21.1. The van der Waals surface area contributed by atoms with Crippen LogP contribution in [0.15, 0.2) is 0 Å². The zero-order valence-electron chi connectivity index (χ0n) is 34.6. The van der Waals surface area contributed by atoms with Crippen LogP contribution >= 0.6 is 0 Å². The molecule has 0 radical (unpaired) electrons. The Labute approximate surface area is 339 Å². The van der Waals surface area contributed by atoms with E-state index in [2.05, 4.69) is 21.3 Å². The molecule has 0 aromatic rings. The quantitative estimate of drug-likeness (QED) is 0.236. The maximum atomic E-state index is 14.5. The molecule has 4 atom stereocenters. The van der Waals surface area contributed by atoms with Gasteiger partial charge in [0.25, 0.3) is 0 Å². The lowest BCUT2D eigenvalue weighted by Crippen LogP contribution is -2.65. The van der Waals surface area contributed by atoms with E-state index < -0.39 is 107 Å². The number of amides is 4. The Morgan fingerprint density at radius 2 is 0.845 bits per heavy atom. The van der Waals surface area contributed by atoms with E-state index in [9.17, 15) is 38.4 Å². The molecular weight excluding hydrogens is 752 g/mol. The van der Waals surface area contributed by atoms with E-state index in [0.29, 0.717) is 51.4 Å². The van der Waals surface area contributed by atoms with Gasteiger partial charge in [0.15, 0.2) is 12.1 Å². The number of nitrogens with one attached hydrogen (secondary N) is 4. The molecule has 4 amide bonds. The number of hydrogen-bond acceptors (Lipinski definition) is 12. The summed E-state index contributed by atoms with van der Waals surface area (Å²) < 4.78 is 21.7. The summed E-state index contributed by atoms with van der Waals surface area (Å²) in [4.78, 5) is 111. The molecule has 8 bridgehead atoms. The molecule has 0 aromatic heterocycles. The highest BCUT2D eigenvalue weighted by Gasteiger charge is 2.65. The third-order valence-electron chi connectivity index (χ3n) is 14.8. The Hall–Kier alpha value is -4.24. The standard InChI is InChI=1S/C42H60N4O12/c1-21(2)29-31(47)43-27(33(49)55-5)17-57-37(53)41-13-25-8-26(14-41)16-42(15-25,20-41)38(54)58-18-28(34(50)56-6)44-32(48)30(22(3)4)46-36(52)40-11-23-7-24(12-40)10-39(9-23,19-40)35(51)45-29/h21-30H,7-20H2,1-6H3,(H,43,47)(H,44,48)(H,45,51)(H,46,52). The van der Waals surface area contributed by atoms with Crippen molar-refractivity contribution in [1.29, 1.82) is 0 Å². The van der Waals surface area contributed by atoms with Crippen molar-refractivity contribution < 1.29 is 57.3 Å². The van der Waals surface area contributed by atoms with Crippen molar-refractivity contribution in [2.75, 3.05) is 27.4 Å². The zero-order valence-corrected chi connectivity index (χ0v) is 34.6. The summed E-state index contributed by atoms with van der Waals surface area (Å²) in [6.07, 6.45) is 6.24. The van der Waals surface area contributed by atoms with Gasteiger partial charge < -0.3 is 40.2 Å². The van der Waals surface area contributed by atoms with Crippen molar-refractivity contribution >= 4 is 47.5 Å². The molecule has 4 N–H and O–H groups in total. The van der Waals surface area contributed by atoms with Crippen molar-refractivity contribution in [3.05, 3.63) is 0 Å². The normalized spacial score (nSPS) is 41.7. The maximum Gasteiger partial charge on any atom is 0.331 e. The average Bonchev–Trinajstić information content (AvgIpc) is 3.16. The van der Waals surface area contributed by atoms with E-state index in [0.717, 1.165) is 27.1 Å². The Morgan fingerprint density at radius 1 is 0.534 bits per heavy atom. The summed E-state index contributed by atoms with van der Waals surface area (Å²) in [6, 6.07) is -4.87. The van der Waals surface area contributed by atoms with Crippen molar-refractivity contribution in [1.82, 2.24) is 21.3 Å². The van der Waals surface area contributed by atoms with Crippen LogP contribution in [0.3, 0.4) is 0 Å². The van der Waals surface area contributed by atoms with Gasteiger partial charge >= 0.3 is 23.9 Å². The number of ether oxygens (including phenoxy) is 4. The summed E-state index contributed by atoms with van der Waals surface area (Å²) in [7, 11) is 2.33. The Morgan fingerprint density at radius 3 is 1.16 bits per heavy atom. The maximum absolute atomic E-state index is 14.5. The lowest BCUT2D eigenvalue weighted by molar-refractivity contribution is -0.195. The van der Waals surface area contributed by atoms with Crippen molar-refractivity contribution in [3.63, 3.8) is 0 Å². The van der Waals surface area contributed by atoms with Gasteiger partial charge in [0.1, 0.15) is 25.3 Å². The number of rotatable bonds is 4. The highest BCUT2D eigenvalue weighted by Crippen LogP contribution is 2.67. The van der Waals surface area contributed by atoms with Crippen LogP contribution in [0.1, 0.15) is 105 Å². The van der Waals surface area contributed by atoms with E-state index in [1.807, 2.05) is 0 Å². The highest BCUT2D eigenvalue weighted by atomic mass is 16.6. The number of carbonyl (C=O) groups excluding carboxylic acids is 8. The average molecular weight is 813 g/mol. The first-order chi connectivity index (χ1) is 27.4. The minimum atomic E-state index is -1.37. The third kappa shape index (κ3) is 7.45. The van der Waals surface area contributed by atoms with Gasteiger partial charge in [-0.3, -0.25) is 28.8 Å². The van der Waals surface area contributed by atoms with Gasteiger partial charge in [0.2, 0.25) is 23.6 Å². The molecule has 16 nitrogen and oxygen atoms in total. The zero-order chi connectivity index (χ0) is 41.9. The van der Waals surface area contributed by atoms with Crippen LogP contribution in [-0.4, -0.2) is 99.1 Å². The topological polar surface area (TPSA) is 222 Å². The molecule has 1 saturated heterocycles. The van der Waals surface area contributed by atoms with Gasteiger partial charge in [-0.15, -0.1) is 0 Å². The molecule has 0 aromatic carbocycles. The Balaban J connectivity index is 1.22. The monoisotopic (exact) mass is 812 g/mol. The van der Waals surface area contributed by atoms with Crippen LogP contribution in [0.5, 0.6) is 0 Å². The SMILES string of the molecule is COC(=O)C1COC(=O)C23CC4CC(C2)CC(C4)(C3)C(=O)OCC(C(=O)OC)NC(=O)C(C(C)C)NC(=O)C23CC4CC(CC(C4)(C2)C(=O)NC(C(C)C)C(=O)N1)C3. The Kier molecular flexibility index (Phi) is 11.1. The van der Waals surface area contributed by atoms with Gasteiger partial charge in [0.05, 0.1) is 35.9 Å². The Bertz CT molecular complexity index is 1600. The smallest absolute Gasteiger partial charge is 0.331 e. The van der Waals surface area contributed by atoms with Gasteiger partial charge in [0, 0.05) is 0 Å². The van der Waals surface area contributed by atoms with Gasteiger partial charge in [-0.2, -0.15) is 0 Å². The van der Waals surface area contributed by atoms with E-state index in [-0.39, 0.29) is 48.3 Å². The van der Waals surface area contributed by atoms with E-state index in [4.69, 9.17) is 18.9 Å². The molecule has 4 spiro atoms. The third-order valence-corrected chi connectivity index (χ3v) is 14.8. The highest BCUT2D eigenvalue weighted by molar-refractivity contribution is 5.95. The minimum absolute atomic E-state index is 0.0294. The van der Waals surface area contributed by atoms with Crippen molar-refractivity contribution in [2.45, 2.75) is 129 Å². The second-order valence-electron chi connectivity index (χ2n) is 19.8. The lowest BCUT2D eigenvalue weighted by Gasteiger charge is -2.60. The van der Waals surface area contributed by atoms with Crippen molar-refractivity contribution in [2.24, 2.45) is 57.2 Å². The van der Waals surface area contributed by atoms with E-state index >= 15 is 0 Å². The molecule has 9 fully saturated rings. The lowest BCUT2D eigenvalue weighted by atomic mass is 9.43. The number of cyclic esters (lactones) is 2. The summed E-state index contributed by atoms with van der Waals surface area (Å²) in [5.74, 6) is -5.39. The van der Waals surface area contributed by atoms with Crippen LogP contribution in [-0.2, 0) is 57.3 Å². The fraction of sp³-hybridized carbons (Fsp3) is 0.810. The molecule has 8 aliphatic carbocycles. The summed E-state index contributed by atoms with van der Waals surface area (Å²) >= 11 is 0. The molecule has 8 saturated carbocycles. The number of esters is 4. The predicted octanol–water partition coefficient (Wildman–Crippen LogP) is 1.86. The first kappa shape index (κ1) is 41.9. The summed E-state index contributed by atoms with van der Waals surface area (Å²) in [6.45, 7) is 6.06. The van der Waals surface area contributed by atoms with Crippen molar-refractivity contribution in [3.8, 4) is 0 Å². The second-order valence-corrected chi connectivity index (χ2v) is 19.8. The molecule has 4 unspecified atom stereocenters. The predicted molar refractivity (Wildman–Crippen MR) is 202 cm³/mol.